The summed E-state index contributed by atoms with van der Waals surface area (Å²) in [5.41, 5.74) is 2.41. The van der Waals surface area contributed by atoms with Gasteiger partial charge in [0.2, 0.25) is 0 Å². The Balaban J connectivity index is 1.68. The maximum atomic E-state index is 12.0. The number of nitrogens with zero attached hydrogens (tertiary/aromatic N) is 1. The molecule has 0 spiro atoms. The first-order valence-electron chi connectivity index (χ1n) is 6.71. The van der Waals surface area contributed by atoms with Crippen LogP contribution < -0.4 is 4.74 Å². The van der Waals surface area contributed by atoms with Gasteiger partial charge < -0.3 is 4.74 Å². The van der Waals surface area contributed by atoms with Gasteiger partial charge in [0.15, 0.2) is 0 Å². The Morgan fingerprint density at radius 3 is 2.52 bits per heavy atom. The summed E-state index contributed by atoms with van der Waals surface area (Å²) in [5, 5.41) is 0. The normalized spacial score (nSPS) is 15.1. The van der Waals surface area contributed by atoms with Gasteiger partial charge in [-0.05, 0) is 36.8 Å². The molecule has 0 bridgehead atoms. The Hall–Kier alpha value is -1.46. The number of hydrogen-bond donors (Lipinski definition) is 0. The molecule has 1 aliphatic rings. The largest absolute Gasteiger partial charge is 0.422 e. The zero-order valence-electron chi connectivity index (χ0n) is 11.6. The lowest BCUT2D eigenvalue weighted by atomic mass is 10.2. The molecule has 1 aliphatic heterocycles. The molecule has 3 rings (SSSR count). The van der Waals surface area contributed by atoms with Crippen LogP contribution in [0.2, 0.25) is 0 Å². The topological polar surface area (TPSA) is 39.2 Å². The SMILES string of the molecule is Cc1cccc(C(=O)Oc2ccc(C3SCCS3)cc2)n1. The minimum atomic E-state index is -0.420. The van der Waals surface area contributed by atoms with Crippen LogP contribution in [0.25, 0.3) is 0 Å². The van der Waals surface area contributed by atoms with E-state index in [-0.39, 0.29) is 0 Å². The van der Waals surface area contributed by atoms with Crippen molar-refractivity contribution in [3.8, 4) is 5.75 Å². The molecule has 0 atom stereocenters. The van der Waals surface area contributed by atoms with Crippen LogP contribution in [-0.4, -0.2) is 22.5 Å². The molecular formula is C16H15NO2S2. The molecule has 108 valence electrons. The maximum absolute atomic E-state index is 12.0. The number of pyridine rings is 1. The predicted molar refractivity (Wildman–Crippen MR) is 88.0 cm³/mol. The van der Waals surface area contributed by atoms with E-state index in [0.717, 1.165) is 5.69 Å². The van der Waals surface area contributed by atoms with Crippen LogP contribution in [0.4, 0.5) is 0 Å². The highest BCUT2D eigenvalue weighted by Crippen LogP contribution is 2.45. The zero-order valence-corrected chi connectivity index (χ0v) is 13.2. The zero-order chi connectivity index (χ0) is 14.7. The van der Waals surface area contributed by atoms with Crippen molar-refractivity contribution < 1.29 is 9.53 Å². The highest BCUT2D eigenvalue weighted by atomic mass is 32.2. The molecule has 0 aliphatic carbocycles. The third kappa shape index (κ3) is 3.60. The van der Waals surface area contributed by atoms with Gasteiger partial charge in [0.1, 0.15) is 11.4 Å². The summed E-state index contributed by atoms with van der Waals surface area (Å²) in [7, 11) is 0. The van der Waals surface area contributed by atoms with E-state index < -0.39 is 5.97 Å². The van der Waals surface area contributed by atoms with Crippen molar-refractivity contribution in [3.05, 3.63) is 59.4 Å². The van der Waals surface area contributed by atoms with Gasteiger partial charge in [0.05, 0.1) is 4.58 Å². The van der Waals surface area contributed by atoms with Gasteiger partial charge in [0.25, 0.3) is 0 Å². The lowest BCUT2D eigenvalue weighted by Crippen LogP contribution is -2.10. The number of hydrogen-bond acceptors (Lipinski definition) is 5. The molecule has 0 saturated carbocycles. The Morgan fingerprint density at radius 2 is 1.86 bits per heavy atom. The van der Waals surface area contributed by atoms with E-state index in [4.69, 9.17) is 4.74 Å². The summed E-state index contributed by atoms with van der Waals surface area (Å²) in [5.74, 6) is 2.53. The van der Waals surface area contributed by atoms with Crippen LogP contribution >= 0.6 is 23.5 Å². The molecule has 1 aromatic carbocycles. The highest BCUT2D eigenvalue weighted by molar-refractivity contribution is 8.19. The third-order valence-electron chi connectivity index (χ3n) is 3.08. The number of esters is 1. The van der Waals surface area contributed by atoms with E-state index in [0.29, 0.717) is 16.0 Å². The number of ether oxygens (including phenoxy) is 1. The first kappa shape index (κ1) is 14.5. The Labute approximate surface area is 132 Å². The first-order chi connectivity index (χ1) is 10.2. The van der Waals surface area contributed by atoms with E-state index >= 15 is 0 Å². The van der Waals surface area contributed by atoms with E-state index in [1.165, 1.54) is 17.1 Å². The standard InChI is InChI=1S/C16H15NO2S2/c1-11-3-2-4-14(17-11)15(18)19-13-7-5-12(6-8-13)16-20-9-10-21-16/h2-8,16H,9-10H2,1H3. The van der Waals surface area contributed by atoms with Crippen molar-refractivity contribution in [2.24, 2.45) is 0 Å². The molecule has 1 aromatic heterocycles. The van der Waals surface area contributed by atoms with Gasteiger partial charge in [-0.1, -0.05) is 18.2 Å². The summed E-state index contributed by atoms with van der Waals surface area (Å²) in [4.78, 5) is 16.2. The quantitative estimate of drug-likeness (QED) is 0.630. The van der Waals surface area contributed by atoms with E-state index in [1.807, 2.05) is 60.8 Å². The third-order valence-corrected chi connectivity index (χ3v) is 6.19. The number of thioether (sulfide) groups is 2. The van der Waals surface area contributed by atoms with Gasteiger partial charge in [-0.25, -0.2) is 9.78 Å². The predicted octanol–water partition coefficient (Wildman–Crippen LogP) is 4.09. The molecule has 1 fully saturated rings. The second-order valence-electron chi connectivity index (χ2n) is 4.70. The number of benzene rings is 1. The summed E-state index contributed by atoms with van der Waals surface area (Å²) in [6.07, 6.45) is 0. The summed E-state index contributed by atoms with van der Waals surface area (Å²) in [6, 6.07) is 13.1. The van der Waals surface area contributed by atoms with E-state index in [9.17, 15) is 4.79 Å². The molecule has 2 aromatic rings. The lowest BCUT2D eigenvalue weighted by Gasteiger charge is -2.09. The van der Waals surface area contributed by atoms with Crippen LogP contribution in [0.1, 0.15) is 26.3 Å². The number of carbonyl (C=O) groups excluding carboxylic acids is 1. The molecular weight excluding hydrogens is 302 g/mol. The molecule has 21 heavy (non-hydrogen) atoms. The van der Waals surface area contributed by atoms with Gasteiger partial charge in [-0.2, -0.15) is 0 Å². The van der Waals surface area contributed by atoms with Crippen molar-refractivity contribution >= 4 is 29.5 Å². The van der Waals surface area contributed by atoms with E-state index in [1.54, 1.807) is 12.1 Å². The second kappa shape index (κ2) is 6.54. The van der Waals surface area contributed by atoms with Crippen molar-refractivity contribution in [1.82, 2.24) is 4.98 Å². The molecule has 0 radical (unpaired) electrons. The fourth-order valence-corrected chi connectivity index (χ4v) is 4.92. The average Bonchev–Trinajstić information content (AvgIpc) is 3.02. The Bertz CT molecular complexity index is 637. The molecule has 0 unspecified atom stereocenters. The molecule has 3 nitrogen and oxygen atoms in total. The molecule has 5 heteroatoms. The molecule has 0 N–H and O–H groups in total. The monoisotopic (exact) mass is 317 g/mol. The fraction of sp³-hybridized carbons (Fsp3) is 0.250. The van der Waals surface area contributed by atoms with Crippen molar-refractivity contribution in [3.63, 3.8) is 0 Å². The maximum Gasteiger partial charge on any atom is 0.362 e. The Morgan fingerprint density at radius 1 is 1.14 bits per heavy atom. The number of aromatic nitrogens is 1. The van der Waals surface area contributed by atoms with E-state index in [2.05, 4.69) is 4.98 Å². The second-order valence-corrected chi connectivity index (χ2v) is 7.42. The average molecular weight is 317 g/mol. The minimum Gasteiger partial charge on any atom is -0.422 e. The summed E-state index contributed by atoms with van der Waals surface area (Å²) in [6.45, 7) is 1.85. The number of carbonyl (C=O) groups is 1. The number of rotatable bonds is 3. The van der Waals surface area contributed by atoms with Crippen molar-refractivity contribution in [2.45, 2.75) is 11.5 Å². The van der Waals surface area contributed by atoms with Crippen molar-refractivity contribution in [2.75, 3.05) is 11.5 Å². The van der Waals surface area contributed by atoms with Crippen LogP contribution in [0.15, 0.2) is 42.5 Å². The lowest BCUT2D eigenvalue weighted by molar-refractivity contribution is 0.0728. The van der Waals surface area contributed by atoms with Crippen LogP contribution in [0.5, 0.6) is 5.75 Å². The molecule has 0 amide bonds. The van der Waals surface area contributed by atoms with Gasteiger partial charge in [0, 0.05) is 17.2 Å². The van der Waals surface area contributed by atoms with Gasteiger partial charge in [-0.3, -0.25) is 0 Å². The summed E-state index contributed by atoms with van der Waals surface area (Å²) >= 11 is 3.92. The van der Waals surface area contributed by atoms with Crippen LogP contribution in [0, 0.1) is 6.92 Å². The van der Waals surface area contributed by atoms with Gasteiger partial charge in [-0.15, -0.1) is 23.5 Å². The minimum absolute atomic E-state index is 0.334. The summed E-state index contributed by atoms with van der Waals surface area (Å²) < 4.78 is 5.87. The first-order valence-corrected chi connectivity index (χ1v) is 8.81. The Kier molecular flexibility index (Phi) is 4.51. The molecule has 2 heterocycles. The van der Waals surface area contributed by atoms with Crippen LogP contribution in [0.3, 0.4) is 0 Å². The molecule has 1 saturated heterocycles. The smallest absolute Gasteiger partial charge is 0.362 e. The number of aryl methyl sites for hydroxylation is 1. The highest BCUT2D eigenvalue weighted by Gasteiger charge is 2.18. The van der Waals surface area contributed by atoms with Crippen LogP contribution in [-0.2, 0) is 0 Å². The fourth-order valence-electron chi connectivity index (χ4n) is 2.06. The van der Waals surface area contributed by atoms with Gasteiger partial charge >= 0.3 is 5.97 Å². The van der Waals surface area contributed by atoms with Crippen molar-refractivity contribution in [1.29, 1.82) is 0 Å².